The molecule has 0 aliphatic rings. The largest absolute Gasteiger partial charge is 0.446 e. The van der Waals surface area contributed by atoms with Crippen molar-refractivity contribution in [2.75, 3.05) is 5.32 Å². The van der Waals surface area contributed by atoms with E-state index in [-0.39, 0.29) is 22.2 Å². The van der Waals surface area contributed by atoms with Crippen molar-refractivity contribution in [3.63, 3.8) is 0 Å². The summed E-state index contributed by atoms with van der Waals surface area (Å²) < 4.78 is 39.5. The summed E-state index contributed by atoms with van der Waals surface area (Å²) in [6.45, 7) is 0. The molecule has 0 spiro atoms. The van der Waals surface area contributed by atoms with Crippen LogP contribution in [0.2, 0.25) is 0 Å². The fourth-order valence-corrected chi connectivity index (χ4v) is 2.94. The number of halogens is 3. The minimum atomic E-state index is -4.48. The van der Waals surface area contributed by atoms with Crippen molar-refractivity contribution >= 4 is 23.4 Å². The number of rotatable bonds is 4. The quantitative estimate of drug-likeness (QED) is 0.699. The van der Waals surface area contributed by atoms with E-state index in [2.05, 4.69) is 20.8 Å². The van der Waals surface area contributed by atoms with E-state index in [0.29, 0.717) is 17.1 Å². The molecule has 10 heteroatoms. The summed E-state index contributed by atoms with van der Waals surface area (Å²) in [5.41, 5.74) is -3.45. The molecule has 3 aromatic rings. The predicted molar refractivity (Wildman–Crippen MR) is 90.5 cm³/mol. The third-order valence-electron chi connectivity index (χ3n) is 3.36. The van der Waals surface area contributed by atoms with E-state index in [0.717, 1.165) is 0 Å². The molecule has 6 nitrogen and oxygen atoms in total. The average Bonchev–Trinajstić information content (AvgIpc) is 3.00. The molecule has 0 saturated heterocycles. The number of amides is 1. The van der Waals surface area contributed by atoms with Crippen LogP contribution in [0.5, 0.6) is 0 Å². The minimum Gasteiger partial charge on any atom is -0.322 e. The maximum absolute atomic E-state index is 12.7. The number of nitrogens with zero attached hydrogens (tertiary/aromatic N) is 4. The molecule has 0 saturated carbocycles. The molecule has 0 bridgehead atoms. The van der Waals surface area contributed by atoms with Crippen LogP contribution in [0.1, 0.15) is 10.4 Å². The highest BCUT2D eigenvalue weighted by Gasteiger charge is 2.31. The molecule has 0 aliphatic carbocycles. The van der Waals surface area contributed by atoms with Gasteiger partial charge in [-0.1, -0.05) is 24.3 Å². The lowest BCUT2D eigenvalue weighted by Gasteiger charge is -2.12. The number of benzene rings is 2. The van der Waals surface area contributed by atoms with Gasteiger partial charge in [-0.3, -0.25) is 4.79 Å². The molecule has 3 rings (SSSR count). The maximum Gasteiger partial charge on any atom is 0.446 e. The molecule has 134 valence electrons. The first kappa shape index (κ1) is 17.9. The van der Waals surface area contributed by atoms with E-state index in [1.807, 2.05) is 0 Å². The van der Waals surface area contributed by atoms with Crippen molar-refractivity contribution in [3.8, 4) is 11.4 Å². The van der Waals surface area contributed by atoms with Crippen molar-refractivity contribution in [2.45, 2.75) is 10.4 Å². The summed E-state index contributed by atoms with van der Waals surface area (Å²) in [6.07, 6.45) is 0. The van der Waals surface area contributed by atoms with E-state index in [1.165, 1.54) is 28.9 Å². The zero-order chi connectivity index (χ0) is 18.7. The second-order valence-electron chi connectivity index (χ2n) is 5.20. The second kappa shape index (κ2) is 7.16. The number of tetrazole rings is 1. The van der Waals surface area contributed by atoms with Crippen molar-refractivity contribution in [1.82, 2.24) is 20.2 Å². The summed E-state index contributed by atoms with van der Waals surface area (Å²) >= 11 is -0.321. The third-order valence-corrected chi connectivity index (χ3v) is 4.16. The van der Waals surface area contributed by atoms with E-state index in [4.69, 9.17) is 0 Å². The number of thioether (sulfide) groups is 1. The summed E-state index contributed by atoms with van der Waals surface area (Å²) in [7, 11) is 1.67. The van der Waals surface area contributed by atoms with Gasteiger partial charge in [-0.15, -0.1) is 5.10 Å². The van der Waals surface area contributed by atoms with Gasteiger partial charge in [0.05, 0.1) is 5.56 Å². The van der Waals surface area contributed by atoms with Crippen molar-refractivity contribution in [1.29, 1.82) is 0 Å². The van der Waals surface area contributed by atoms with Gasteiger partial charge in [0.1, 0.15) is 0 Å². The van der Waals surface area contributed by atoms with Gasteiger partial charge < -0.3 is 5.32 Å². The molecular formula is C16H12F3N5OS. The number of anilines is 1. The molecule has 0 aliphatic heterocycles. The molecule has 2 aromatic carbocycles. The van der Waals surface area contributed by atoms with Gasteiger partial charge in [-0.25, -0.2) is 4.68 Å². The van der Waals surface area contributed by atoms with Gasteiger partial charge in [-0.05, 0) is 46.5 Å². The standard InChI is InChI=1S/C16H12F3N5OS/c1-24-14(21-22-23-24)10-5-4-6-11(9-10)20-15(25)12-7-2-3-8-13(12)26-16(17,18)19/h2-9H,1H3,(H,20,25). The average molecular weight is 379 g/mol. The number of carbonyl (C=O) groups excluding carboxylic acids is 1. The zero-order valence-corrected chi connectivity index (χ0v) is 14.2. The number of hydrogen-bond acceptors (Lipinski definition) is 5. The SMILES string of the molecule is Cn1nnnc1-c1cccc(NC(=O)c2ccccc2SC(F)(F)F)c1. The van der Waals surface area contributed by atoms with Crippen LogP contribution in [-0.2, 0) is 7.05 Å². The highest BCUT2D eigenvalue weighted by molar-refractivity contribution is 8.00. The van der Waals surface area contributed by atoms with Gasteiger partial charge in [0, 0.05) is 23.2 Å². The van der Waals surface area contributed by atoms with E-state index in [1.54, 1.807) is 31.3 Å². The smallest absolute Gasteiger partial charge is 0.322 e. The second-order valence-corrected chi connectivity index (χ2v) is 6.31. The van der Waals surface area contributed by atoms with E-state index in [9.17, 15) is 18.0 Å². The van der Waals surface area contributed by atoms with E-state index < -0.39 is 11.4 Å². The lowest BCUT2D eigenvalue weighted by atomic mass is 10.1. The molecule has 0 radical (unpaired) electrons. The first-order valence-electron chi connectivity index (χ1n) is 7.32. The van der Waals surface area contributed by atoms with Crippen LogP contribution in [0.25, 0.3) is 11.4 Å². The topological polar surface area (TPSA) is 72.7 Å². The molecule has 1 heterocycles. The lowest BCUT2D eigenvalue weighted by molar-refractivity contribution is -0.0328. The number of carbonyl (C=O) groups is 1. The van der Waals surface area contributed by atoms with Crippen LogP contribution in [-0.4, -0.2) is 31.6 Å². The summed E-state index contributed by atoms with van der Waals surface area (Å²) in [6, 6.07) is 12.3. The number of aromatic nitrogens is 4. The van der Waals surface area contributed by atoms with Crippen LogP contribution < -0.4 is 5.32 Å². The molecule has 0 unspecified atom stereocenters. The lowest BCUT2D eigenvalue weighted by Crippen LogP contribution is -2.14. The van der Waals surface area contributed by atoms with Crippen LogP contribution in [0.4, 0.5) is 18.9 Å². The van der Waals surface area contributed by atoms with Crippen molar-refractivity contribution in [2.24, 2.45) is 7.05 Å². The number of nitrogens with one attached hydrogen (secondary N) is 1. The van der Waals surface area contributed by atoms with Gasteiger partial charge in [-0.2, -0.15) is 13.2 Å². The minimum absolute atomic E-state index is 0.0550. The van der Waals surface area contributed by atoms with Crippen molar-refractivity contribution in [3.05, 3.63) is 54.1 Å². The molecule has 1 N–H and O–H groups in total. The molecule has 0 atom stereocenters. The maximum atomic E-state index is 12.7. The molecule has 1 aromatic heterocycles. The van der Waals surface area contributed by atoms with E-state index >= 15 is 0 Å². The fraction of sp³-hybridized carbons (Fsp3) is 0.125. The third kappa shape index (κ3) is 4.20. The predicted octanol–water partition coefficient (Wildman–Crippen LogP) is 3.74. The van der Waals surface area contributed by atoms with Crippen molar-refractivity contribution < 1.29 is 18.0 Å². The highest BCUT2D eigenvalue weighted by Crippen LogP contribution is 2.38. The van der Waals surface area contributed by atoms with Crippen LogP contribution in [0.3, 0.4) is 0 Å². The van der Waals surface area contributed by atoms with Gasteiger partial charge >= 0.3 is 5.51 Å². The summed E-state index contributed by atoms with van der Waals surface area (Å²) in [5, 5.41) is 13.8. The molecule has 26 heavy (non-hydrogen) atoms. The number of hydrogen-bond donors (Lipinski definition) is 1. The first-order chi connectivity index (χ1) is 12.3. The number of aryl methyl sites for hydroxylation is 1. The van der Waals surface area contributed by atoms with Crippen LogP contribution >= 0.6 is 11.8 Å². The number of alkyl halides is 3. The molecule has 0 fully saturated rings. The Morgan fingerprint density at radius 3 is 2.62 bits per heavy atom. The molecule has 1 amide bonds. The Labute approximate surface area is 150 Å². The van der Waals surface area contributed by atoms with Crippen LogP contribution in [0.15, 0.2) is 53.4 Å². The Bertz CT molecular complexity index is 941. The Balaban J connectivity index is 1.84. The Kier molecular flexibility index (Phi) is 4.94. The first-order valence-corrected chi connectivity index (χ1v) is 8.14. The zero-order valence-electron chi connectivity index (χ0n) is 13.4. The van der Waals surface area contributed by atoms with Gasteiger partial charge in [0.25, 0.3) is 5.91 Å². The van der Waals surface area contributed by atoms with Gasteiger partial charge in [0.15, 0.2) is 5.82 Å². The Morgan fingerprint density at radius 1 is 1.15 bits per heavy atom. The Morgan fingerprint density at radius 2 is 1.92 bits per heavy atom. The normalized spacial score (nSPS) is 11.4. The monoisotopic (exact) mass is 379 g/mol. The highest BCUT2D eigenvalue weighted by atomic mass is 32.2. The van der Waals surface area contributed by atoms with Gasteiger partial charge in [0.2, 0.25) is 0 Å². The molecular weight excluding hydrogens is 367 g/mol. The summed E-state index contributed by atoms with van der Waals surface area (Å²) in [5.74, 6) is -0.139. The summed E-state index contributed by atoms with van der Waals surface area (Å²) in [4.78, 5) is 12.3. The Hall–Kier alpha value is -2.88. The van der Waals surface area contributed by atoms with Crippen LogP contribution in [0, 0.1) is 0 Å². The fourth-order valence-electron chi connectivity index (χ4n) is 2.28.